The van der Waals surface area contributed by atoms with Crippen LogP contribution in [0.1, 0.15) is 0 Å². The summed E-state index contributed by atoms with van der Waals surface area (Å²) in [7, 11) is -8.41. The summed E-state index contributed by atoms with van der Waals surface area (Å²) >= 11 is 0. The molecule has 0 N–H and O–H groups in total. The molecule has 0 amide bonds. The SMILES string of the molecule is COC(=O)C1OS(=O)(=O)CS(=O)(=O)OC1F. The summed E-state index contributed by atoms with van der Waals surface area (Å²) in [5.74, 6) is -1.40. The first-order chi connectivity index (χ1) is 7.17. The minimum Gasteiger partial charge on any atom is -0.467 e. The Morgan fingerprint density at radius 1 is 1.25 bits per heavy atom. The molecule has 1 fully saturated rings. The van der Waals surface area contributed by atoms with Crippen molar-refractivity contribution >= 4 is 26.2 Å². The lowest BCUT2D eigenvalue weighted by Crippen LogP contribution is -2.36. The molecule has 1 heterocycles. The second-order valence-electron chi connectivity index (χ2n) is 2.72. The lowest BCUT2D eigenvalue weighted by molar-refractivity contribution is -0.157. The number of carbonyl (C=O) groups excluding carboxylic acids is 1. The molecule has 0 aromatic rings. The second kappa shape index (κ2) is 4.24. The van der Waals surface area contributed by atoms with Gasteiger partial charge in [0, 0.05) is 0 Å². The van der Waals surface area contributed by atoms with E-state index in [4.69, 9.17) is 0 Å². The predicted octanol–water partition coefficient (Wildman–Crippen LogP) is -1.51. The van der Waals surface area contributed by atoms with Gasteiger partial charge in [0.1, 0.15) is 0 Å². The van der Waals surface area contributed by atoms with E-state index < -0.39 is 43.8 Å². The van der Waals surface area contributed by atoms with Gasteiger partial charge in [0.2, 0.25) is 11.2 Å². The largest absolute Gasteiger partial charge is 0.467 e. The zero-order valence-corrected chi connectivity index (χ0v) is 9.46. The van der Waals surface area contributed by atoms with Crippen molar-refractivity contribution in [3.05, 3.63) is 0 Å². The van der Waals surface area contributed by atoms with Crippen LogP contribution < -0.4 is 0 Å². The van der Waals surface area contributed by atoms with Gasteiger partial charge < -0.3 is 4.74 Å². The Balaban J connectivity index is 3.12. The molecular weight excluding hydrogens is 271 g/mol. The monoisotopic (exact) mass is 278 g/mol. The fourth-order valence-corrected chi connectivity index (χ4v) is 3.61. The van der Waals surface area contributed by atoms with Gasteiger partial charge in [0.05, 0.1) is 7.11 Å². The van der Waals surface area contributed by atoms with Gasteiger partial charge in [0.15, 0.2) is 0 Å². The summed E-state index contributed by atoms with van der Waals surface area (Å²) in [5.41, 5.74) is 0. The number of halogens is 1. The molecule has 0 spiro atoms. The van der Waals surface area contributed by atoms with Crippen LogP contribution in [-0.4, -0.2) is 47.5 Å². The highest BCUT2D eigenvalue weighted by molar-refractivity contribution is 8.03. The Kier molecular flexibility index (Phi) is 3.52. The number of hydrogen-bond acceptors (Lipinski definition) is 8. The molecule has 0 bridgehead atoms. The third-order valence-corrected chi connectivity index (χ3v) is 4.74. The lowest BCUT2D eigenvalue weighted by atomic mass is 10.4. The summed E-state index contributed by atoms with van der Waals surface area (Å²) in [5, 5.41) is -1.56. The van der Waals surface area contributed by atoms with Crippen LogP contribution in [-0.2, 0) is 38.1 Å². The van der Waals surface area contributed by atoms with Crippen LogP contribution >= 0.6 is 0 Å². The Hall–Kier alpha value is -0.780. The van der Waals surface area contributed by atoms with Gasteiger partial charge in [-0.25, -0.2) is 17.6 Å². The van der Waals surface area contributed by atoms with E-state index in [1.54, 1.807) is 0 Å². The topological polar surface area (TPSA) is 113 Å². The van der Waals surface area contributed by atoms with Gasteiger partial charge in [-0.1, -0.05) is 0 Å². The van der Waals surface area contributed by atoms with Crippen LogP contribution in [0, 0.1) is 0 Å². The molecule has 94 valence electrons. The maximum Gasteiger partial charge on any atom is 0.342 e. The molecule has 0 saturated carbocycles. The first-order valence-electron chi connectivity index (χ1n) is 3.71. The smallest absolute Gasteiger partial charge is 0.342 e. The Morgan fingerprint density at radius 2 is 1.75 bits per heavy atom. The van der Waals surface area contributed by atoms with Crippen molar-refractivity contribution in [1.82, 2.24) is 0 Å². The zero-order chi connectivity index (χ0) is 12.6. The first kappa shape index (κ1) is 13.3. The molecule has 1 aliphatic heterocycles. The van der Waals surface area contributed by atoms with Crippen LogP contribution in [0.2, 0.25) is 0 Å². The molecule has 0 aliphatic carbocycles. The minimum absolute atomic E-state index is 0.852. The van der Waals surface area contributed by atoms with Crippen LogP contribution in [0.15, 0.2) is 0 Å². The molecule has 0 aromatic carbocycles. The number of esters is 1. The molecule has 0 radical (unpaired) electrons. The van der Waals surface area contributed by atoms with Crippen LogP contribution in [0.4, 0.5) is 4.39 Å². The fourth-order valence-electron chi connectivity index (χ4n) is 0.887. The predicted molar refractivity (Wildman–Crippen MR) is 45.6 cm³/mol. The van der Waals surface area contributed by atoms with E-state index in [-0.39, 0.29) is 0 Å². The van der Waals surface area contributed by atoms with E-state index in [1.165, 1.54) is 0 Å². The normalized spacial score (nSPS) is 32.6. The van der Waals surface area contributed by atoms with E-state index in [0.717, 1.165) is 7.11 Å². The van der Waals surface area contributed by atoms with E-state index in [0.29, 0.717) is 0 Å². The Morgan fingerprint density at radius 3 is 2.25 bits per heavy atom. The molecule has 2 atom stereocenters. The average molecular weight is 278 g/mol. The summed E-state index contributed by atoms with van der Waals surface area (Å²) in [6, 6.07) is 0. The fraction of sp³-hybridized carbons (Fsp3) is 0.800. The van der Waals surface area contributed by atoms with Gasteiger partial charge in [0.25, 0.3) is 26.6 Å². The maximum absolute atomic E-state index is 13.1. The average Bonchev–Trinajstić information content (AvgIpc) is 2.17. The van der Waals surface area contributed by atoms with E-state index in [1.807, 2.05) is 0 Å². The van der Waals surface area contributed by atoms with Crippen molar-refractivity contribution in [3.63, 3.8) is 0 Å². The van der Waals surface area contributed by atoms with Crippen molar-refractivity contribution < 1.29 is 39.1 Å². The summed E-state index contributed by atoms with van der Waals surface area (Å²) in [6.07, 6.45) is -5.05. The molecule has 1 aliphatic rings. The number of ether oxygens (including phenoxy) is 1. The van der Waals surface area contributed by atoms with Crippen molar-refractivity contribution in [2.45, 2.75) is 12.5 Å². The van der Waals surface area contributed by atoms with E-state index in [9.17, 15) is 26.0 Å². The molecule has 1 saturated heterocycles. The number of carbonyl (C=O) groups is 1. The summed E-state index contributed by atoms with van der Waals surface area (Å²) in [6.45, 7) is 0. The van der Waals surface area contributed by atoms with Crippen molar-refractivity contribution in [2.24, 2.45) is 0 Å². The van der Waals surface area contributed by atoms with Gasteiger partial charge in [-0.05, 0) is 0 Å². The van der Waals surface area contributed by atoms with Crippen molar-refractivity contribution in [2.75, 3.05) is 12.2 Å². The molecule has 8 nitrogen and oxygen atoms in total. The molecule has 11 heteroatoms. The van der Waals surface area contributed by atoms with Gasteiger partial charge in [-0.2, -0.15) is 16.8 Å². The molecular formula is C5H7FO8S2. The quantitative estimate of drug-likeness (QED) is 0.420. The highest BCUT2D eigenvalue weighted by atomic mass is 32.3. The zero-order valence-electron chi connectivity index (χ0n) is 7.82. The van der Waals surface area contributed by atoms with Crippen molar-refractivity contribution in [3.8, 4) is 0 Å². The number of rotatable bonds is 1. The molecule has 2 unspecified atom stereocenters. The Bertz CT molecular complexity index is 479. The van der Waals surface area contributed by atoms with Gasteiger partial charge >= 0.3 is 5.97 Å². The maximum atomic E-state index is 13.1. The van der Waals surface area contributed by atoms with E-state index in [2.05, 4.69) is 13.1 Å². The Labute approximate surface area is 90.5 Å². The third-order valence-electron chi connectivity index (χ3n) is 1.45. The second-order valence-corrected chi connectivity index (χ2v) is 6.28. The summed E-state index contributed by atoms with van der Waals surface area (Å²) < 4.78 is 68.7. The standard InChI is InChI=1S/C5H7FO8S2/c1-12-5(7)3-4(6)14-16(10,11)2-15(8,9)13-3/h3-4H,2H2,1H3. The molecule has 0 aromatic heterocycles. The third kappa shape index (κ3) is 3.10. The highest BCUT2D eigenvalue weighted by Crippen LogP contribution is 2.20. The molecule has 1 rings (SSSR count). The number of hydrogen-bond donors (Lipinski definition) is 0. The summed E-state index contributed by atoms with van der Waals surface area (Å²) in [4.78, 5) is 10.9. The highest BCUT2D eigenvalue weighted by Gasteiger charge is 2.44. The van der Waals surface area contributed by atoms with Crippen LogP contribution in [0.25, 0.3) is 0 Å². The number of alkyl halides is 1. The first-order valence-corrected chi connectivity index (χ1v) is 6.86. The van der Waals surface area contributed by atoms with Crippen molar-refractivity contribution in [1.29, 1.82) is 0 Å². The number of methoxy groups -OCH3 is 1. The van der Waals surface area contributed by atoms with Gasteiger partial charge in [-0.3, -0.25) is 0 Å². The van der Waals surface area contributed by atoms with Crippen LogP contribution in [0.5, 0.6) is 0 Å². The molecule has 16 heavy (non-hydrogen) atoms. The van der Waals surface area contributed by atoms with E-state index >= 15 is 0 Å². The van der Waals surface area contributed by atoms with Gasteiger partial charge in [-0.15, -0.1) is 0 Å². The lowest BCUT2D eigenvalue weighted by Gasteiger charge is -2.13. The van der Waals surface area contributed by atoms with Crippen LogP contribution in [0.3, 0.4) is 0 Å². The minimum atomic E-state index is -4.65.